The molecule has 8 heteroatoms. The Morgan fingerprint density at radius 3 is 2.68 bits per heavy atom. The highest BCUT2D eigenvalue weighted by atomic mass is 16.5. The van der Waals surface area contributed by atoms with Crippen molar-refractivity contribution in [2.45, 2.75) is 44.6 Å². The smallest absolute Gasteiger partial charge is 0.274 e. The Morgan fingerprint density at radius 2 is 1.97 bits per heavy atom. The van der Waals surface area contributed by atoms with E-state index in [1.54, 1.807) is 36.9 Å². The zero-order chi connectivity index (χ0) is 21.7. The SMILES string of the molecule is Cc1cnc(C(=O)N2CCC3(CC2)CC(CCNC(=O)c2ccncc2)CCO3)cn1. The average molecular weight is 424 g/mol. The summed E-state index contributed by atoms with van der Waals surface area (Å²) >= 11 is 0. The van der Waals surface area contributed by atoms with E-state index < -0.39 is 0 Å². The lowest BCUT2D eigenvalue weighted by Gasteiger charge is -2.46. The van der Waals surface area contributed by atoms with Crippen LogP contribution < -0.4 is 5.32 Å². The van der Waals surface area contributed by atoms with Crippen molar-refractivity contribution in [1.82, 2.24) is 25.2 Å². The van der Waals surface area contributed by atoms with Gasteiger partial charge in [-0.05, 0) is 57.1 Å². The van der Waals surface area contributed by atoms with E-state index >= 15 is 0 Å². The Hall–Kier alpha value is -2.87. The molecule has 2 aliphatic rings. The normalized spacial score (nSPS) is 20.4. The van der Waals surface area contributed by atoms with Crippen LogP contribution in [0.1, 0.15) is 58.6 Å². The van der Waals surface area contributed by atoms with E-state index in [0.717, 1.165) is 44.4 Å². The molecular weight excluding hydrogens is 394 g/mol. The maximum atomic E-state index is 12.7. The van der Waals surface area contributed by atoms with Gasteiger partial charge in [0.25, 0.3) is 11.8 Å². The molecule has 1 unspecified atom stereocenters. The van der Waals surface area contributed by atoms with Crippen molar-refractivity contribution in [2.24, 2.45) is 5.92 Å². The molecule has 31 heavy (non-hydrogen) atoms. The van der Waals surface area contributed by atoms with Gasteiger partial charge in [0.15, 0.2) is 0 Å². The fraction of sp³-hybridized carbons (Fsp3) is 0.522. The minimum atomic E-state index is -0.159. The quantitative estimate of drug-likeness (QED) is 0.793. The number of hydrogen-bond donors (Lipinski definition) is 1. The van der Waals surface area contributed by atoms with Gasteiger partial charge < -0.3 is 15.0 Å². The van der Waals surface area contributed by atoms with Gasteiger partial charge in [-0.25, -0.2) is 4.98 Å². The zero-order valence-electron chi connectivity index (χ0n) is 17.9. The molecule has 0 bridgehead atoms. The lowest BCUT2D eigenvalue weighted by Crippen LogP contribution is -2.51. The van der Waals surface area contributed by atoms with E-state index in [1.807, 2.05) is 11.8 Å². The number of nitrogens with zero attached hydrogens (tertiary/aromatic N) is 4. The maximum Gasteiger partial charge on any atom is 0.274 e. The zero-order valence-corrected chi connectivity index (χ0v) is 17.9. The van der Waals surface area contributed by atoms with Crippen molar-refractivity contribution in [3.63, 3.8) is 0 Å². The van der Waals surface area contributed by atoms with Crippen molar-refractivity contribution in [3.8, 4) is 0 Å². The van der Waals surface area contributed by atoms with Gasteiger partial charge in [-0.1, -0.05) is 0 Å². The number of aromatic nitrogens is 3. The van der Waals surface area contributed by atoms with Gasteiger partial charge in [0, 0.05) is 50.4 Å². The summed E-state index contributed by atoms with van der Waals surface area (Å²) in [5.74, 6) is 0.389. The summed E-state index contributed by atoms with van der Waals surface area (Å²) in [6.45, 7) is 4.58. The van der Waals surface area contributed by atoms with E-state index in [-0.39, 0.29) is 17.4 Å². The van der Waals surface area contributed by atoms with Crippen molar-refractivity contribution in [1.29, 1.82) is 0 Å². The monoisotopic (exact) mass is 423 g/mol. The number of carbonyl (C=O) groups is 2. The van der Waals surface area contributed by atoms with Crippen LogP contribution in [-0.4, -0.2) is 63.5 Å². The number of nitrogens with one attached hydrogen (secondary N) is 1. The van der Waals surface area contributed by atoms with E-state index in [2.05, 4.69) is 20.3 Å². The lowest BCUT2D eigenvalue weighted by atomic mass is 9.78. The molecule has 8 nitrogen and oxygen atoms in total. The van der Waals surface area contributed by atoms with Crippen LogP contribution in [0, 0.1) is 12.8 Å². The molecule has 0 aliphatic carbocycles. The van der Waals surface area contributed by atoms with Gasteiger partial charge in [-0.3, -0.25) is 19.6 Å². The van der Waals surface area contributed by atoms with Crippen molar-refractivity contribution < 1.29 is 14.3 Å². The second-order valence-electron chi connectivity index (χ2n) is 8.51. The Bertz CT molecular complexity index is 895. The topological polar surface area (TPSA) is 97.3 Å². The third-order valence-electron chi connectivity index (χ3n) is 6.34. The van der Waals surface area contributed by atoms with Crippen LogP contribution in [-0.2, 0) is 4.74 Å². The fourth-order valence-corrected chi connectivity index (χ4v) is 4.50. The maximum absolute atomic E-state index is 12.7. The van der Waals surface area contributed by atoms with Crippen molar-refractivity contribution in [3.05, 3.63) is 53.9 Å². The van der Waals surface area contributed by atoms with E-state index in [1.165, 1.54) is 0 Å². The van der Waals surface area contributed by atoms with Gasteiger partial charge in [0.2, 0.25) is 0 Å². The van der Waals surface area contributed by atoms with E-state index in [9.17, 15) is 9.59 Å². The molecule has 1 atom stereocenters. The summed E-state index contributed by atoms with van der Waals surface area (Å²) in [5, 5.41) is 3.01. The Balaban J connectivity index is 1.25. The van der Waals surface area contributed by atoms with Gasteiger partial charge in [0.1, 0.15) is 5.69 Å². The largest absolute Gasteiger partial charge is 0.375 e. The summed E-state index contributed by atoms with van der Waals surface area (Å²) < 4.78 is 6.22. The molecule has 2 saturated heterocycles. The number of pyridine rings is 1. The first kappa shape index (κ1) is 21.4. The molecule has 1 N–H and O–H groups in total. The number of piperidine rings is 1. The minimum absolute atomic E-state index is 0.0600. The number of aryl methyl sites for hydroxylation is 1. The van der Waals surface area contributed by atoms with Crippen LogP contribution in [0.4, 0.5) is 0 Å². The predicted molar refractivity (Wildman–Crippen MR) is 115 cm³/mol. The number of amides is 2. The highest BCUT2D eigenvalue weighted by Gasteiger charge is 2.41. The van der Waals surface area contributed by atoms with Crippen LogP contribution in [0.25, 0.3) is 0 Å². The minimum Gasteiger partial charge on any atom is -0.375 e. The molecule has 1 spiro atoms. The molecule has 0 aromatic carbocycles. The fourth-order valence-electron chi connectivity index (χ4n) is 4.50. The first-order valence-electron chi connectivity index (χ1n) is 10.9. The van der Waals surface area contributed by atoms with Crippen molar-refractivity contribution >= 4 is 11.8 Å². The van der Waals surface area contributed by atoms with Crippen LogP contribution in [0.2, 0.25) is 0 Å². The van der Waals surface area contributed by atoms with Gasteiger partial charge >= 0.3 is 0 Å². The predicted octanol–water partition coefficient (Wildman–Crippen LogP) is 2.40. The number of likely N-dealkylation sites (tertiary alicyclic amines) is 1. The number of ether oxygens (including phenoxy) is 1. The highest BCUT2D eigenvalue weighted by molar-refractivity contribution is 5.94. The molecule has 4 heterocycles. The molecule has 2 aromatic heterocycles. The van der Waals surface area contributed by atoms with E-state index in [4.69, 9.17) is 4.74 Å². The molecule has 164 valence electrons. The number of rotatable bonds is 5. The van der Waals surface area contributed by atoms with Gasteiger partial charge in [0.05, 0.1) is 17.5 Å². The third-order valence-corrected chi connectivity index (χ3v) is 6.34. The summed E-state index contributed by atoms with van der Waals surface area (Å²) in [6, 6.07) is 3.44. The molecular formula is C23H29N5O3. The van der Waals surface area contributed by atoms with Crippen LogP contribution in [0.3, 0.4) is 0 Å². The molecule has 4 rings (SSSR count). The molecule has 2 aliphatic heterocycles. The van der Waals surface area contributed by atoms with Gasteiger partial charge in [-0.15, -0.1) is 0 Å². The first-order valence-corrected chi connectivity index (χ1v) is 10.9. The molecule has 2 fully saturated rings. The number of carbonyl (C=O) groups excluding carboxylic acids is 2. The Kier molecular flexibility index (Phi) is 6.56. The van der Waals surface area contributed by atoms with Crippen molar-refractivity contribution in [2.75, 3.05) is 26.2 Å². The summed E-state index contributed by atoms with van der Waals surface area (Å²) in [7, 11) is 0. The van der Waals surface area contributed by atoms with Crippen LogP contribution in [0.15, 0.2) is 36.9 Å². The standard InChI is InChI=1S/C23H29N5O3/c1-17-15-27-20(16-26-17)22(30)28-11-6-23(7-12-28)14-18(5-13-31-23)2-10-25-21(29)19-3-8-24-9-4-19/h3-4,8-9,15-16,18H,2,5-7,10-14H2,1H3,(H,25,29). The van der Waals surface area contributed by atoms with E-state index in [0.29, 0.717) is 36.8 Å². The van der Waals surface area contributed by atoms with Crippen LogP contribution >= 0.6 is 0 Å². The second kappa shape index (κ2) is 9.51. The summed E-state index contributed by atoms with van der Waals surface area (Å²) in [6.07, 6.45) is 11.0. The Morgan fingerprint density at radius 1 is 1.19 bits per heavy atom. The highest BCUT2D eigenvalue weighted by Crippen LogP contribution is 2.38. The molecule has 0 saturated carbocycles. The second-order valence-corrected chi connectivity index (χ2v) is 8.51. The first-order chi connectivity index (χ1) is 15.0. The average Bonchev–Trinajstić information content (AvgIpc) is 2.80. The summed E-state index contributed by atoms with van der Waals surface area (Å²) in [4.78, 5) is 39.1. The van der Waals surface area contributed by atoms with Gasteiger partial charge in [-0.2, -0.15) is 0 Å². The third kappa shape index (κ3) is 5.25. The summed E-state index contributed by atoms with van der Waals surface area (Å²) in [5.41, 5.74) is 1.67. The Labute approximate surface area is 182 Å². The van der Waals surface area contributed by atoms with Crippen LogP contribution in [0.5, 0.6) is 0 Å². The molecule has 2 aromatic rings. The molecule has 0 radical (unpaired) electrons. The molecule has 2 amide bonds. The lowest BCUT2D eigenvalue weighted by molar-refractivity contribution is -0.124. The number of hydrogen-bond acceptors (Lipinski definition) is 6.